The average molecular weight is 279 g/mol. The van der Waals surface area contributed by atoms with E-state index >= 15 is 0 Å². The first-order chi connectivity index (χ1) is 9.02. The molecular weight excluding hydrogens is 260 g/mol. The molecule has 2 aromatic heterocycles. The van der Waals surface area contributed by atoms with Crippen molar-refractivity contribution in [3.63, 3.8) is 0 Å². The maximum Gasteiger partial charge on any atom is 0.0850 e. The Morgan fingerprint density at radius 1 is 1.42 bits per heavy atom. The molecule has 2 rings (SSSR count). The van der Waals surface area contributed by atoms with Gasteiger partial charge in [0.1, 0.15) is 0 Å². The fraction of sp³-hybridized carbons (Fsp3) is 0.429. The number of pyridine rings is 1. The molecule has 1 unspecified atom stereocenters. The van der Waals surface area contributed by atoms with Crippen LogP contribution in [0, 0.1) is 6.92 Å². The minimum absolute atomic E-state index is 0.169. The van der Waals surface area contributed by atoms with Gasteiger partial charge in [0.15, 0.2) is 0 Å². The third-order valence-electron chi connectivity index (χ3n) is 3.21. The van der Waals surface area contributed by atoms with Gasteiger partial charge in [0.2, 0.25) is 0 Å². The Labute approximate surface area is 118 Å². The van der Waals surface area contributed by atoms with Gasteiger partial charge < -0.3 is 5.73 Å². The van der Waals surface area contributed by atoms with Gasteiger partial charge >= 0.3 is 0 Å². The highest BCUT2D eigenvalue weighted by Gasteiger charge is 2.17. The van der Waals surface area contributed by atoms with E-state index in [0.717, 1.165) is 34.2 Å². The minimum atomic E-state index is -0.169. The van der Waals surface area contributed by atoms with Crippen molar-refractivity contribution in [2.75, 3.05) is 0 Å². The number of hydrogen-bond acceptors (Lipinski definition) is 3. The van der Waals surface area contributed by atoms with E-state index in [-0.39, 0.29) is 6.04 Å². The zero-order valence-electron chi connectivity index (χ0n) is 11.5. The summed E-state index contributed by atoms with van der Waals surface area (Å²) in [6, 6.07) is 5.71. The summed E-state index contributed by atoms with van der Waals surface area (Å²) in [4.78, 5) is 4.46. The van der Waals surface area contributed by atoms with Crippen molar-refractivity contribution >= 4 is 11.6 Å². The molecule has 19 heavy (non-hydrogen) atoms. The van der Waals surface area contributed by atoms with Gasteiger partial charge in [0.05, 0.1) is 28.1 Å². The predicted molar refractivity (Wildman–Crippen MR) is 77.2 cm³/mol. The lowest BCUT2D eigenvalue weighted by atomic mass is 10.1. The molecule has 0 aromatic carbocycles. The van der Waals surface area contributed by atoms with Crippen molar-refractivity contribution < 1.29 is 0 Å². The zero-order chi connectivity index (χ0) is 14.0. The SMILES string of the molecule is CCc1nn(C)c(CC(N)c2cccc(C)n2)c1Cl. The van der Waals surface area contributed by atoms with E-state index in [1.807, 2.05) is 43.8 Å². The van der Waals surface area contributed by atoms with Crippen LogP contribution in [0.2, 0.25) is 5.02 Å². The fourth-order valence-corrected chi connectivity index (χ4v) is 2.50. The van der Waals surface area contributed by atoms with Gasteiger partial charge in [-0.15, -0.1) is 0 Å². The van der Waals surface area contributed by atoms with E-state index in [0.29, 0.717) is 6.42 Å². The van der Waals surface area contributed by atoms with Crippen molar-refractivity contribution in [3.05, 3.63) is 46.0 Å². The first-order valence-corrected chi connectivity index (χ1v) is 6.80. The van der Waals surface area contributed by atoms with Gasteiger partial charge in [0.25, 0.3) is 0 Å². The van der Waals surface area contributed by atoms with Crippen LogP contribution >= 0.6 is 11.6 Å². The summed E-state index contributed by atoms with van der Waals surface area (Å²) in [7, 11) is 1.90. The summed E-state index contributed by atoms with van der Waals surface area (Å²) in [6.45, 7) is 4.00. The number of hydrogen-bond donors (Lipinski definition) is 1. The highest BCUT2D eigenvalue weighted by Crippen LogP contribution is 2.24. The highest BCUT2D eigenvalue weighted by atomic mass is 35.5. The van der Waals surface area contributed by atoms with E-state index in [1.165, 1.54) is 0 Å². The number of nitrogens with zero attached hydrogens (tertiary/aromatic N) is 3. The quantitative estimate of drug-likeness (QED) is 0.935. The van der Waals surface area contributed by atoms with Crippen molar-refractivity contribution in [2.45, 2.75) is 32.7 Å². The summed E-state index contributed by atoms with van der Waals surface area (Å²) in [5, 5.41) is 5.13. The molecule has 2 aromatic rings. The van der Waals surface area contributed by atoms with Crippen molar-refractivity contribution in [1.82, 2.24) is 14.8 Å². The topological polar surface area (TPSA) is 56.7 Å². The lowest BCUT2D eigenvalue weighted by Gasteiger charge is -2.12. The molecule has 5 heteroatoms. The van der Waals surface area contributed by atoms with Gasteiger partial charge in [-0.25, -0.2) is 0 Å². The lowest BCUT2D eigenvalue weighted by Crippen LogP contribution is -2.17. The predicted octanol–water partition coefficient (Wildman–Crippen LogP) is 2.58. The first-order valence-electron chi connectivity index (χ1n) is 6.42. The maximum absolute atomic E-state index is 6.33. The first kappa shape index (κ1) is 14.0. The number of aryl methyl sites for hydroxylation is 3. The van der Waals surface area contributed by atoms with Crippen LogP contribution in [-0.4, -0.2) is 14.8 Å². The van der Waals surface area contributed by atoms with Crippen LogP contribution in [0.4, 0.5) is 0 Å². The lowest BCUT2D eigenvalue weighted by molar-refractivity contribution is 0.626. The molecular formula is C14H19ClN4. The second-order valence-electron chi connectivity index (χ2n) is 4.70. The Hall–Kier alpha value is -1.39. The molecule has 0 fully saturated rings. The molecule has 0 saturated carbocycles. The summed E-state index contributed by atoms with van der Waals surface area (Å²) in [6.07, 6.45) is 1.46. The minimum Gasteiger partial charge on any atom is -0.322 e. The molecule has 2 heterocycles. The molecule has 0 aliphatic carbocycles. The third kappa shape index (κ3) is 2.96. The second kappa shape index (κ2) is 5.72. The summed E-state index contributed by atoms with van der Waals surface area (Å²) in [5.41, 5.74) is 9.96. The van der Waals surface area contributed by atoms with E-state index < -0.39 is 0 Å². The highest BCUT2D eigenvalue weighted by molar-refractivity contribution is 6.31. The Morgan fingerprint density at radius 2 is 2.16 bits per heavy atom. The second-order valence-corrected chi connectivity index (χ2v) is 5.08. The molecule has 0 aliphatic rings. The van der Waals surface area contributed by atoms with Crippen molar-refractivity contribution in [1.29, 1.82) is 0 Å². The number of nitrogens with two attached hydrogens (primary N) is 1. The van der Waals surface area contributed by atoms with Gasteiger partial charge in [-0.05, 0) is 25.5 Å². The number of halogens is 1. The van der Waals surface area contributed by atoms with Gasteiger partial charge in [-0.2, -0.15) is 5.10 Å². The van der Waals surface area contributed by atoms with Crippen LogP contribution in [0.5, 0.6) is 0 Å². The van der Waals surface area contributed by atoms with Crippen LogP contribution in [0.3, 0.4) is 0 Å². The zero-order valence-corrected chi connectivity index (χ0v) is 12.3. The normalized spacial score (nSPS) is 12.7. The number of aromatic nitrogens is 3. The van der Waals surface area contributed by atoms with Crippen LogP contribution < -0.4 is 5.73 Å². The van der Waals surface area contributed by atoms with Crippen LogP contribution in [0.1, 0.15) is 35.7 Å². The monoisotopic (exact) mass is 278 g/mol. The third-order valence-corrected chi connectivity index (χ3v) is 3.64. The Morgan fingerprint density at radius 3 is 2.74 bits per heavy atom. The standard InChI is InChI=1S/C14H19ClN4/c1-4-11-14(15)13(19(3)18-11)8-10(16)12-7-5-6-9(2)17-12/h5-7,10H,4,8,16H2,1-3H3. The Balaban J connectivity index is 2.24. The van der Waals surface area contributed by atoms with Gasteiger partial charge in [-0.1, -0.05) is 24.6 Å². The molecule has 1 atom stereocenters. The van der Waals surface area contributed by atoms with E-state index in [4.69, 9.17) is 17.3 Å². The molecule has 0 amide bonds. The summed E-state index contributed by atoms with van der Waals surface area (Å²) >= 11 is 6.33. The van der Waals surface area contributed by atoms with Crippen molar-refractivity contribution in [3.8, 4) is 0 Å². The molecule has 0 aliphatic heterocycles. The largest absolute Gasteiger partial charge is 0.322 e. The Bertz CT molecular complexity index is 577. The van der Waals surface area contributed by atoms with Crippen LogP contribution in [0.25, 0.3) is 0 Å². The summed E-state index contributed by atoms with van der Waals surface area (Å²) < 4.78 is 1.82. The average Bonchev–Trinajstić information content (AvgIpc) is 2.66. The Kier molecular flexibility index (Phi) is 4.22. The molecule has 4 nitrogen and oxygen atoms in total. The van der Waals surface area contributed by atoms with Crippen LogP contribution in [-0.2, 0) is 19.9 Å². The molecule has 2 N–H and O–H groups in total. The fourth-order valence-electron chi connectivity index (χ4n) is 2.13. The van der Waals surface area contributed by atoms with E-state index in [1.54, 1.807) is 0 Å². The van der Waals surface area contributed by atoms with E-state index in [2.05, 4.69) is 10.1 Å². The number of rotatable bonds is 4. The van der Waals surface area contributed by atoms with Crippen LogP contribution in [0.15, 0.2) is 18.2 Å². The molecule has 102 valence electrons. The maximum atomic E-state index is 6.33. The molecule has 0 radical (unpaired) electrons. The summed E-state index contributed by atoms with van der Waals surface area (Å²) in [5.74, 6) is 0. The van der Waals surface area contributed by atoms with E-state index in [9.17, 15) is 0 Å². The molecule has 0 spiro atoms. The van der Waals surface area contributed by atoms with Crippen molar-refractivity contribution in [2.24, 2.45) is 12.8 Å². The molecule has 0 saturated heterocycles. The van der Waals surface area contributed by atoms with Gasteiger partial charge in [0, 0.05) is 19.2 Å². The van der Waals surface area contributed by atoms with Gasteiger partial charge in [-0.3, -0.25) is 9.67 Å². The molecule has 0 bridgehead atoms. The smallest absolute Gasteiger partial charge is 0.0850 e.